The van der Waals surface area contributed by atoms with Crippen molar-refractivity contribution in [2.45, 2.75) is 9.79 Å². The molecule has 0 aromatic heterocycles. The van der Waals surface area contributed by atoms with E-state index in [1.807, 2.05) is 0 Å². The van der Waals surface area contributed by atoms with Gasteiger partial charge in [0.1, 0.15) is 0 Å². The molecule has 19 heavy (non-hydrogen) atoms. The SMILES string of the molecule is O=[N+]([O-])c1ccc(Sc2ccccc2[N+](=O)[O-])cc1. The molecule has 0 saturated carbocycles. The van der Waals surface area contributed by atoms with Crippen LogP contribution in [0.5, 0.6) is 0 Å². The fraction of sp³-hybridized carbons (Fsp3) is 0. The van der Waals surface area contributed by atoms with E-state index in [0.717, 1.165) is 0 Å². The summed E-state index contributed by atoms with van der Waals surface area (Å²) in [6.45, 7) is 0. The Morgan fingerprint density at radius 2 is 1.47 bits per heavy atom. The van der Waals surface area contributed by atoms with Crippen LogP contribution < -0.4 is 0 Å². The first-order valence-electron chi connectivity index (χ1n) is 5.23. The van der Waals surface area contributed by atoms with Gasteiger partial charge >= 0.3 is 0 Å². The lowest BCUT2D eigenvalue weighted by Crippen LogP contribution is -1.90. The smallest absolute Gasteiger partial charge is 0.258 e. The van der Waals surface area contributed by atoms with Crippen molar-refractivity contribution in [3.63, 3.8) is 0 Å². The van der Waals surface area contributed by atoms with Gasteiger partial charge in [-0.25, -0.2) is 0 Å². The minimum Gasteiger partial charge on any atom is -0.258 e. The van der Waals surface area contributed by atoms with Crippen molar-refractivity contribution in [3.8, 4) is 0 Å². The van der Waals surface area contributed by atoms with E-state index >= 15 is 0 Å². The lowest BCUT2D eigenvalue weighted by atomic mass is 10.3. The lowest BCUT2D eigenvalue weighted by molar-refractivity contribution is -0.387. The van der Waals surface area contributed by atoms with E-state index in [1.165, 1.54) is 30.0 Å². The van der Waals surface area contributed by atoms with Gasteiger partial charge in [0.05, 0.1) is 14.7 Å². The minimum atomic E-state index is -0.487. The van der Waals surface area contributed by atoms with E-state index < -0.39 is 9.85 Å². The van der Waals surface area contributed by atoms with Crippen LogP contribution in [0.25, 0.3) is 0 Å². The summed E-state index contributed by atoms with van der Waals surface area (Å²) in [5, 5.41) is 21.4. The molecule has 0 fully saturated rings. The zero-order chi connectivity index (χ0) is 13.8. The molecular formula is C12H8N2O4S. The number of para-hydroxylation sites is 1. The number of non-ortho nitro benzene ring substituents is 1. The molecule has 0 aliphatic carbocycles. The van der Waals surface area contributed by atoms with Gasteiger partial charge in [0, 0.05) is 23.1 Å². The van der Waals surface area contributed by atoms with E-state index in [2.05, 4.69) is 0 Å². The molecule has 0 heterocycles. The van der Waals surface area contributed by atoms with Gasteiger partial charge in [0.25, 0.3) is 11.4 Å². The number of benzene rings is 2. The molecule has 96 valence electrons. The Balaban J connectivity index is 2.26. The summed E-state index contributed by atoms with van der Waals surface area (Å²) in [5.41, 5.74) is 0.0118. The Morgan fingerprint density at radius 3 is 2.05 bits per heavy atom. The van der Waals surface area contributed by atoms with Gasteiger partial charge in [-0.1, -0.05) is 23.9 Å². The molecule has 2 rings (SSSR count). The molecule has 0 unspecified atom stereocenters. The molecule has 0 aliphatic rings. The van der Waals surface area contributed by atoms with Gasteiger partial charge in [0.15, 0.2) is 0 Å². The average Bonchev–Trinajstić information content (AvgIpc) is 2.39. The summed E-state index contributed by atoms with van der Waals surface area (Å²) < 4.78 is 0. The molecule has 0 saturated heterocycles. The Morgan fingerprint density at radius 1 is 0.842 bits per heavy atom. The van der Waals surface area contributed by atoms with Crippen LogP contribution in [0.4, 0.5) is 11.4 Å². The topological polar surface area (TPSA) is 86.3 Å². The summed E-state index contributed by atoms with van der Waals surface area (Å²) >= 11 is 1.20. The quantitative estimate of drug-likeness (QED) is 0.628. The van der Waals surface area contributed by atoms with E-state index in [9.17, 15) is 20.2 Å². The number of hydrogen-bond donors (Lipinski definition) is 0. The molecule has 2 aromatic carbocycles. The lowest BCUT2D eigenvalue weighted by Gasteiger charge is -2.02. The number of rotatable bonds is 4. The molecule has 0 N–H and O–H groups in total. The average molecular weight is 276 g/mol. The predicted octanol–water partition coefficient (Wildman–Crippen LogP) is 3.65. The van der Waals surface area contributed by atoms with E-state index in [0.29, 0.717) is 9.79 Å². The molecule has 0 aliphatic heterocycles. The standard InChI is InChI=1S/C12H8N2O4S/c15-13(16)9-5-7-10(8-6-9)19-12-4-2-1-3-11(12)14(17)18/h1-8H. The molecule has 0 atom stereocenters. The van der Waals surface area contributed by atoms with Gasteiger partial charge in [-0.15, -0.1) is 0 Å². The van der Waals surface area contributed by atoms with Crippen molar-refractivity contribution in [3.05, 3.63) is 68.8 Å². The highest BCUT2D eigenvalue weighted by Crippen LogP contribution is 2.34. The van der Waals surface area contributed by atoms with Crippen LogP contribution in [0.15, 0.2) is 58.3 Å². The van der Waals surface area contributed by atoms with E-state index in [1.54, 1.807) is 30.3 Å². The molecular weight excluding hydrogens is 268 g/mol. The first kappa shape index (κ1) is 13.0. The molecule has 7 heteroatoms. The van der Waals surface area contributed by atoms with E-state index in [-0.39, 0.29) is 11.4 Å². The van der Waals surface area contributed by atoms with Gasteiger partial charge in [0.2, 0.25) is 0 Å². The van der Waals surface area contributed by atoms with Gasteiger partial charge < -0.3 is 0 Å². The Bertz CT molecular complexity index is 628. The van der Waals surface area contributed by atoms with Crippen molar-refractivity contribution in [1.82, 2.24) is 0 Å². The third kappa shape index (κ3) is 3.08. The molecule has 2 aromatic rings. The Kier molecular flexibility index (Phi) is 3.76. The second-order valence-corrected chi connectivity index (χ2v) is 4.69. The van der Waals surface area contributed by atoms with Gasteiger partial charge in [-0.3, -0.25) is 20.2 Å². The summed E-state index contributed by atoms with van der Waals surface area (Å²) in [6.07, 6.45) is 0. The highest BCUT2D eigenvalue weighted by molar-refractivity contribution is 7.99. The first-order chi connectivity index (χ1) is 9.08. The molecule has 0 amide bonds. The largest absolute Gasteiger partial charge is 0.283 e. The third-order valence-electron chi connectivity index (χ3n) is 2.34. The summed E-state index contributed by atoms with van der Waals surface area (Å²) in [4.78, 5) is 21.7. The minimum absolute atomic E-state index is 0.00749. The number of nitro benzene ring substituents is 2. The number of hydrogen-bond acceptors (Lipinski definition) is 5. The van der Waals surface area contributed by atoms with Crippen LogP contribution >= 0.6 is 11.8 Å². The van der Waals surface area contributed by atoms with Crippen molar-refractivity contribution in [2.75, 3.05) is 0 Å². The third-order valence-corrected chi connectivity index (χ3v) is 3.41. The maximum absolute atomic E-state index is 10.9. The van der Waals surface area contributed by atoms with Crippen molar-refractivity contribution in [1.29, 1.82) is 0 Å². The molecule has 6 nitrogen and oxygen atoms in total. The van der Waals surface area contributed by atoms with Crippen LogP contribution in [0.1, 0.15) is 0 Å². The summed E-state index contributed by atoms with van der Waals surface area (Å²) in [5.74, 6) is 0. The highest BCUT2D eigenvalue weighted by atomic mass is 32.2. The van der Waals surface area contributed by atoms with Crippen molar-refractivity contribution in [2.24, 2.45) is 0 Å². The maximum Gasteiger partial charge on any atom is 0.283 e. The number of nitrogens with zero attached hydrogens (tertiary/aromatic N) is 2. The second-order valence-electron chi connectivity index (χ2n) is 3.58. The molecule has 0 spiro atoms. The van der Waals surface area contributed by atoms with Gasteiger partial charge in [-0.05, 0) is 18.2 Å². The molecule has 0 bridgehead atoms. The van der Waals surface area contributed by atoms with Crippen molar-refractivity contribution >= 4 is 23.1 Å². The zero-order valence-corrected chi connectivity index (χ0v) is 10.4. The highest BCUT2D eigenvalue weighted by Gasteiger charge is 2.14. The normalized spacial score (nSPS) is 10.1. The van der Waals surface area contributed by atoms with E-state index in [4.69, 9.17) is 0 Å². The van der Waals surface area contributed by atoms with Crippen molar-refractivity contribution < 1.29 is 9.85 Å². The van der Waals surface area contributed by atoms with Crippen LogP contribution in [-0.2, 0) is 0 Å². The van der Waals surface area contributed by atoms with Crippen LogP contribution in [0.2, 0.25) is 0 Å². The Hall–Kier alpha value is -2.41. The summed E-state index contributed by atoms with van der Waals surface area (Å²) in [7, 11) is 0. The summed E-state index contributed by atoms with van der Waals surface area (Å²) in [6, 6.07) is 12.3. The fourth-order valence-corrected chi connectivity index (χ4v) is 2.38. The van der Waals surface area contributed by atoms with Gasteiger partial charge in [-0.2, -0.15) is 0 Å². The monoisotopic (exact) mass is 276 g/mol. The number of nitro groups is 2. The van der Waals surface area contributed by atoms with Crippen LogP contribution in [-0.4, -0.2) is 9.85 Å². The zero-order valence-electron chi connectivity index (χ0n) is 9.55. The Labute approximate surface area is 112 Å². The fourth-order valence-electron chi connectivity index (χ4n) is 1.46. The van der Waals surface area contributed by atoms with Crippen LogP contribution in [0, 0.1) is 20.2 Å². The van der Waals surface area contributed by atoms with Crippen LogP contribution in [0.3, 0.4) is 0 Å². The molecule has 0 radical (unpaired) electrons. The predicted molar refractivity (Wildman–Crippen MR) is 70.3 cm³/mol. The second kappa shape index (κ2) is 5.49. The first-order valence-corrected chi connectivity index (χ1v) is 6.05. The maximum atomic E-state index is 10.9.